The SMILES string of the molecule is Cc1cc(C2C(c3ccccn3)NC(=S)N2CCCN(C)C)c(C)n1-c1cccc(Cl)c1Cl. The molecular weight excluding hydrogens is 473 g/mol. The first-order valence-electron chi connectivity index (χ1n) is 11.1. The summed E-state index contributed by atoms with van der Waals surface area (Å²) in [6.45, 7) is 6.09. The molecule has 1 saturated heterocycles. The van der Waals surface area contributed by atoms with Crippen LogP contribution in [0.4, 0.5) is 0 Å². The molecule has 2 aromatic heterocycles. The number of thiocarbonyl (C=S) groups is 1. The summed E-state index contributed by atoms with van der Waals surface area (Å²) in [6.07, 6.45) is 2.85. The molecule has 0 aliphatic carbocycles. The summed E-state index contributed by atoms with van der Waals surface area (Å²) in [4.78, 5) is 9.16. The van der Waals surface area contributed by atoms with E-state index in [1.54, 1.807) is 0 Å². The molecule has 0 amide bonds. The summed E-state index contributed by atoms with van der Waals surface area (Å²) in [6, 6.07) is 14.0. The summed E-state index contributed by atoms with van der Waals surface area (Å²) < 4.78 is 2.18. The lowest BCUT2D eigenvalue weighted by Crippen LogP contribution is -2.32. The van der Waals surface area contributed by atoms with Gasteiger partial charge in [-0.25, -0.2) is 0 Å². The average Bonchev–Trinajstić information content (AvgIpc) is 3.26. The number of halogens is 2. The smallest absolute Gasteiger partial charge is 0.170 e. The van der Waals surface area contributed by atoms with Gasteiger partial charge in [0.2, 0.25) is 0 Å². The summed E-state index contributed by atoms with van der Waals surface area (Å²) >= 11 is 18.8. The van der Waals surface area contributed by atoms with E-state index in [-0.39, 0.29) is 12.1 Å². The van der Waals surface area contributed by atoms with Crippen LogP contribution in [0.2, 0.25) is 10.0 Å². The standard InChI is InChI=1S/C25H29Cl2N5S/c1-16-15-18(17(2)32(16)21-11-7-9-19(26)22(21)27)24-23(20-10-5-6-12-28-20)29-25(33)31(24)14-8-13-30(3)4/h5-7,9-12,15,23-24H,8,13-14H2,1-4H3,(H,29,33). The molecule has 3 aromatic rings. The molecule has 8 heteroatoms. The van der Waals surface area contributed by atoms with E-state index in [0.717, 1.165) is 47.4 Å². The Morgan fingerprint density at radius 1 is 1.12 bits per heavy atom. The number of aryl methyl sites for hydroxylation is 1. The maximum atomic E-state index is 6.60. The van der Waals surface area contributed by atoms with Gasteiger partial charge in [0, 0.05) is 24.1 Å². The van der Waals surface area contributed by atoms with E-state index in [1.807, 2.05) is 36.5 Å². The number of hydrogen-bond donors (Lipinski definition) is 1. The van der Waals surface area contributed by atoms with Crippen molar-refractivity contribution in [3.05, 3.63) is 81.4 Å². The topological polar surface area (TPSA) is 36.3 Å². The van der Waals surface area contributed by atoms with Gasteiger partial charge in [-0.3, -0.25) is 4.98 Å². The monoisotopic (exact) mass is 501 g/mol. The van der Waals surface area contributed by atoms with Crippen LogP contribution in [0, 0.1) is 13.8 Å². The molecule has 4 rings (SSSR count). The largest absolute Gasteiger partial charge is 0.352 e. The van der Waals surface area contributed by atoms with E-state index in [2.05, 4.69) is 64.7 Å². The molecular formula is C25H29Cl2N5S. The highest BCUT2D eigenvalue weighted by atomic mass is 35.5. The Morgan fingerprint density at radius 3 is 2.61 bits per heavy atom. The second-order valence-electron chi connectivity index (χ2n) is 8.71. The van der Waals surface area contributed by atoms with E-state index in [1.165, 1.54) is 5.56 Å². The van der Waals surface area contributed by atoms with Crippen molar-refractivity contribution in [3.8, 4) is 5.69 Å². The maximum absolute atomic E-state index is 6.60. The molecule has 1 fully saturated rings. The molecule has 33 heavy (non-hydrogen) atoms. The number of rotatable bonds is 7. The van der Waals surface area contributed by atoms with Gasteiger partial charge in [-0.15, -0.1) is 0 Å². The quantitative estimate of drug-likeness (QED) is 0.419. The number of nitrogens with one attached hydrogen (secondary N) is 1. The fourth-order valence-corrected chi connectivity index (χ4v) is 5.38. The summed E-state index contributed by atoms with van der Waals surface area (Å²) in [5.41, 5.74) is 5.28. The fraction of sp³-hybridized carbons (Fsp3) is 0.360. The number of aromatic nitrogens is 2. The molecule has 2 atom stereocenters. The molecule has 0 bridgehead atoms. The molecule has 1 aliphatic rings. The van der Waals surface area contributed by atoms with Gasteiger partial charge in [0.05, 0.1) is 33.5 Å². The van der Waals surface area contributed by atoms with Crippen LogP contribution in [0.15, 0.2) is 48.7 Å². The Labute approximate surface area is 211 Å². The van der Waals surface area contributed by atoms with Gasteiger partial charge in [0.1, 0.15) is 0 Å². The minimum atomic E-state index is -0.0400. The zero-order valence-corrected chi connectivity index (χ0v) is 21.7. The van der Waals surface area contributed by atoms with Gasteiger partial charge in [-0.2, -0.15) is 0 Å². The molecule has 2 unspecified atom stereocenters. The average molecular weight is 503 g/mol. The van der Waals surface area contributed by atoms with Crippen LogP contribution in [0.25, 0.3) is 5.69 Å². The minimum Gasteiger partial charge on any atom is -0.352 e. The van der Waals surface area contributed by atoms with Crippen LogP contribution in [-0.4, -0.2) is 51.6 Å². The van der Waals surface area contributed by atoms with Gasteiger partial charge in [-0.05, 0) is 89.0 Å². The van der Waals surface area contributed by atoms with Crippen molar-refractivity contribution >= 4 is 40.5 Å². The molecule has 5 nitrogen and oxygen atoms in total. The zero-order chi connectivity index (χ0) is 23.7. The number of benzene rings is 1. The van der Waals surface area contributed by atoms with E-state index >= 15 is 0 Å². The van der Waals surface area contributed by atoms with Crippen LogP contribution in [0.5, 0.6) is 0 Å². The molecule has 174 valence electrons. The minimum absolute atomic E-state index is 0.0208. The Morgan fingerprint density at radius 2 is 1.91 bits per heavy atom. The second kappa shape index (κ2) is 10.0. The van der Waals surface area contributed by atoms with Crippen LogP contribution in [-0.2, 0) is 0 Å². The van der Waals surface area contributed by atoms with E-state index < -0.39 is 0 Å². The highest BCUT2D eigenvalue weighted by molar-refractivity contribution is 7.80. The number of pyridine rings is 1. The maximum Gasteiger partial charge on any atom is 0.170 e. The summed E-state index contributed by atoms with van der Waals surface area (Å²) in [5.74, 6) is 0. The third-order valence-electron chi connectivity index (χ3n) is 6.16. The highest BCUT2D eigenvalue weighted by Gasteiger charge is 2.41. The lowest BCUT2D eigenvalue weighted by atomic mass is 9.96. The Balaban J connectivity index is 1.80. The number of nitrogens with zero attached hydrogens (tertiary/aromatic N) is 4. The second-order valence-corrected chi connectivity index (χ2v) is 9.88. The Kier molecular flexibility index (Phi) is 7.29. The third kappa shape index (κ3) is 4.76. The third-order valence-corrected chi connectivity index (χ3v) is 7.32. The fourth-order valence-electron chi connectivity index (χ4n) is 4.66. The van der Waals surface area contributed by atoms with E-state index in [4.69, 9.17) is 35.4 Å². The number of hydrogen-bond acceptors (Lipinski definition) is 3. The first kappa shape index (κ1) is 24.0. The van der Waals surface area contributed by atoms with Gasteiger partial charge in [0.15, 0.2) is 5.11 Å². The van der Waals surface area contributed by atoms with Crippen molar-refractivity contribution < 1.29 is 0 Å². The molecule has 1 N–H and O–H groups in total. The van der Waals surface area contributed by atoms with Crippen molar-refractivity contribution in [1.82, 2.24) is 24.7 Å². The Hall–Kier alpha value is -2.12. The van der Waals surface area contributed by atoms with Gasteiger partial charge in [0.25, 0.3) is 0 Å². The van der Waals surface area contributed by atoms with Gasteiger partial charge in [-0.1, -0.05) is 35.3 Å². The zero-order valence-electron chi connectivity index (χ0n) is 19.3. The lowest BCUT2D eigenvalue weighted by Gasteiger charge is -2.28. The van der Waals surface area contributed by atoms with Gasteiger partial charge < -0.3 is 19.7 Å². The highest BCUT2D eigenvalue weighted by Crippen LogP contribution is 2.42. The molecule has 0 saturated carbocycles. The molecule has 1 aliphatic heterocycles. The lowest BCUT2D eigenvalue weighted by molar-refractivity contribution is 0.292. The molecule has 3 heterocycles. The van der Waals surface area contributed by atoms with Crippen molar-refractivity contribution in [2.24, 2.45) is 0 Å². The van der Waals surface area contributed by atoms with Crippen molar-refractivity contribution in [2.75, 3.05) is 27.2 Å². The van der Waals surface area contributed by atoms with Crippen LogP contribution >= 0.6 is 35.4 Å². The van der Waals surface area contributed by atoms with Crippen LogP contribution in [0.3, 0.4) is 0 Å². The normalized spacial score (nSPS) is 18.3. The first-order valence-corrected chi connectivity index (χ1v) is 12.2. The summed E-state index contributed by atoms with van der Waals surface area (Å²) in [5, 5.41) is 5.41. The van der Waals surface area contributed by atoms with E-state index in [9.17, 15) is 0 Å². The molecule has 1 aromatic carbocycles. The van der Waals surface area contributed by atoms with Crippen LogP contribution in [0.1, 0.15) is 41.1 Å². The van der Waals surface area contributed by atoms with Crippen molar-refractivity contribution in [2.45, 2.75) is 32.4 Å². The predicted molar refractivity (Wildman–Crippen MR) is 141 cm³/mol. The van der Waals surface area contributed by atoms with Gasteiger partial charge >= 0.3 is 0 Å². The van der Waals surface area contributed by atoms with Crippen molar-refractivity contribution in [3.63, 3.8) is 0 Å². The Bertz CT molecular complexity index is 1150. The van der Waals surface area contributed by atoms with Crippen molar-refractivity contribution in [1.29, 1.82) is 0 Å². The predicted octanol–water partition coefficient (Wildman–Crippen LogP) is 5.72. The first-order chi connectivity index (χ1) is 15.8. The molecule has 0 spiro atoms. The van der Waals surface area contributed by atoms with E-state index in [0.29, 0.717) is 10.0 Å². The molecule has 0 radical (unpaired) electrons. The van der Waals surface area contributed by atoms with Crippen LogP contribution < -0.4 is 5.32 Å². The summed E-state index contributed by atoms with van der Waals surface area (Å²) in [7, 11) is 4.19.